The van der Waals surface area contributed by atoms with Crippen LogP contribution in [0.3, 0.4) is 0 Å². The molecule has 0 aromatic carbocycles. The van der Waals surface area contributed by atoms with Crippen molar-refractivity contribution >= 4 is 5.97 Å². The van der Waals surface area contributed by atoms with Gasteiger partial charge in [0.1, 0.15) is 0 Å². The molecule has 0 saturated carbocycles. The highest BCUT2D eigenvalue weighted by atomic mass is 16.4. The van der Waals surface area contributed by atoms with Crippen LogP contribution in [0, 0.1) is 0 Å². The summed E-state index contributed by atoms with van der Waals surface area (Å²) in [5, 5.41) is 15.5. The lowest BCUT2D eigenvalue weighted by molar-refractivity contribution is 0.0690. The number of hydrogen-bond donors (Lipinski definition) is 2. The maximum absolute atomic E-state index is 10.8. The second-order valence-electron chi connectivity index (χ2n) is 5.27. The predicted octanol–water partition coefficient (Wildman–Crippen LogP) is 1.91. The fraction of sp³-hybridized carbons (Fsp3) is 0.692. The van der Waals surface area contributed by atoms with E-state index >= 15 is 0 Å². The summed E-state index contributed by atoms with van der Waals surface area (Å²) >= 11 is 0. The fourth-order valence-electron chi connectivity index (χ4n) is 2.75. The van der Waals surface area contributed by atoms with Gasteiger partial charge in [0.15, 0.2) is 5.69 Å². The van der Waals surface area contributed by atoms with Gasteiger partial charge in [0.05, 0.1) is 0 Å². The van der Waals surface area contributed by atoms with Gasteiger partial charge in [0.2, 0.25) is 0 Å². The van der Waals surface area contributed by atoms with Crippen LogP contribution in [0.2, 0.25) is 0 Å². The van der Waals surface area contributed by atoms with Gasteiger partial charge in [-0.3, -0.25) is 10.00 Å². The SMILES string of the molecule is CC(C)N1CCCCC1Cc1cc(C(=O)O)n[nH]1. The van der Waals surface area contributed by atoms with Crippen LogP contribution in [0.25, 0.3) is 0 Å². The molecule has 1 aliphatic heterocycles. The Balaban J connectivity index is 2.03. The smallest absolute Gasteiger partial charge is 0.356 e. The molecule has 2 N–H and O–H groups in total. The van der Waals surface area contributed by atoms with Crippen LogP contribution < -0.4 is 0 Å². The van der Waals surface area contributed by atoms with Crippen molar-refractivity contribution in [2.75, 3.05) is 6.54 Å². The van der Waals surface area contributed by atoms with Crippen molar-refractivity contribution in [3.8, 4) is 0 Å². The van der Waals surface area contributed by atoms with Gasteiger partial charge in [-0.15, -0.1) is 0 Å². The van der Waals surface area contributed by atoms with Crippen molar-refractivity contribution in [1.29, 1.82) is 0 Å². The Labute approximate surface area is 107 Å². The lowest BCUT2D eigenvalue weighted by Gasteiger charge is -2.38. The molecule has 5 nitrogen and oxygen atoms in total. The molecule has 1 unspecified atom stereocenters. The van der Waals surface area contributed by atoms with Crippen LogP contribution in [0.15, 0.2) is 6.07 Å². The summed E-state index contributed by atoms with van der Waals surface area (Å²) in [5.41, 5.74) is 1.03. The number of rotatable bonds is 4. The predicted molar refractivity (Wildman–Crippen MR) is 68.7 cm³/mol. The minimum Gasteiger partial charge on any atom is -0.476 e. The Morgan fingerprint density at radius 1 is 1.61 bits per heavy atom. The number of piperidine rings is 1. The number of carboxylic acids is 1. The molecule has 18 heavy (non-hydrogen) atoms. The zero-order valence-corrected chi connectivity index (χ0v) is 11.0. The van der Waals surface area contributed by atoms with Gasteiger partial charge in [0, 0.05) is 24.2 Å². The number of H-pyrrole nitrogens is 1. The molecule has 0 amide bonds. The number of carboxylic acid groups (broad SMARTS) is 1. The van der Waals surface area contributed by atoms with E-state index in [1.54, 1.807) is 6.07 Å². The van der Waals surface area contributed by atoms with Crippen LogP contribution in [0.1, 0.15) is 49.3 Å². The van der Waals surface area contributed by atoms with Gasteiger partial charge in [-0.2, -0.15) is 5.10 Å². The summed E-state index contributed by atoms with van der Waals surface area (Å²) in [6.45, 7) is 5.57. The average molecular weight is 251 g/mol. The van der Waals surface area contributed by atoms with E-state index in [-0.39, 0.29) is 5.69 Å². The van der Waals surface area contributed by atoms with Crippen molar-refractivity contribution in [2.24, 2.45) is 0 Å². The lowest BCUT2D eigenvalue weighted by atomic mass is 9.96. The van der Waals surface area contributed by atoms with Gasteiger partial charge < -0.3 is 5.11 Å². The number of carbonyl (C=O) groups is 1. The van der Waals surface area contributed by atoms with E-state index in [2.05, 4.69) is 28.9 Å². The van der Waals surface area contributed by atoms with E-state index in [1.165, 1.54) is 19.3 Å². The Bertz CT molecular complexity index is 414. The third-order valence-corrected chi connectivity index (χ3v) is 3.64. The van der Waals surface area contributed by atoms with E-state index < -0.39 is 5.97 Å². The van der Waals surface area contributed by atoms with E-state index in [0.717, 1.165) is 18.7 Å². The van der Waals surface area contributed by atoms with E-state index in [9.17, 15) is 4.79 Å². The van der Waals surface area contributed by atoms with Crippen molar-refractivity contribution in [1.82, 2.24) is 15.1 Å². The molecule has 2 rings (SSSR count). The van der Waals surface area contributed by atoms with Gasteiger partial charge in [-0.05, 0) is 39.3 Å². The first-order valence-corrected chi connectivity index (χ1v) is 6.61. The minimum absolute atomic E-state index is 0.108. The average Bonchev–Trinajstić information content (AvgIpc) is 2.78. The van der Waals surface area contributed by atoms with Crippen molar-refractivity contribution < 1.29 is 9.90 Å². The third-order valence-electron chi connectivity index (χ3n) is 3.64. The standard InChI is InChI=1S/C13H21N3O2/c1-9(2)16-6-4-3-5-11(16)7-10-8-12(13(17)18)15-14-10/h8-9,11H,3-7H2,1-2H3,(H,14,15)(H,17,18). The molecule has 1 aromatic rings. The largest absolute Gasteiger partial charge is 0.476 e. The second-order valence-corrected chi connectivity index (χ2v) is 5.27. The maximum Gasteiger partial charge on any atom is 0.356 e. The van der Waals surface area contributed by atoms with Gasteiger partial charge in [-0.25, -0.2) is 4.79 Å². The number of likely N-dealkylation sites (tertiary alicyclic amines) is 1. The van der Waals surface area contributed by atoms with Gasteiger partial charge >= 0.3 is 5.97 Å². The van der Waals surface area contributed by atoms with Crippen LogP contribution in [0.5, 0.6) is 0 Å². The Morgan fingerprint density at radius 3 is 3.00 bits per heavy atom. The summed E-state index contributed by atoms with van der Waals surface area (Å²) in [4.78, 5) is 13.3. The highest BCUT2D eigenvalue weighted by Gasteiger charge is 2.25. The Hall–Kier alpha value is -1.36. The monoisotopic (exact) mass is 251 g/mol. The molecular weight excluding hydrogens is 230 g/mol. The van der Waals surface area contributed by atoms with Gasteiger partial charge in [0.25, 0.3) is 0 Å². The quantitative estimate of drug-likeness (QED) is 0.857. The summed E-state index contributed by atoms with van der Waals surface area (Å²) in [7, 11) is 0. The molecule has 0 aliphatic carbocycles. The normalized spacial score (nSPS) is 21.4. The molecule has 0 bridgehead atoms. The second kappa shape index (κ2) is 5.52. The van der Waals surface area contributed by atoms with E-state index in [1.807, 2.05) is 0 Å². The molecule has 1 aliphatic rings. The molecule has 5 heteroatoms. The number of aromatic carboxylic acids is 1. The molecule has 0 radical (unpaired) electrons. The number of nitrogens with zero attached hydrogens (tertiary/aromatic N) is 2. The van der Waals surface area contributed by atoms with Gasteiger partial charge in [-0.1, -0.05) is 6.42 Å². The molecule has 1 fully saturated rings. The van der Waals surface area contributed by atoms with Crippen molar-refractivity contribution in [2.45, 2.75) is 51.6 Å². The van der Waals surface area contributed by atoms with Crippen LogP contribution >= 0.6 is 0 Å². The molecule has 0 spiro atoms. The summed E-state index contributed by atoms with van der Waals surface area (Å²) < 4.78 is 0. The molecule has 100 valence electrons. The fourth-order valence-corrected chi connectivity index (χ4v) is 2.75. The van der Waals surface area contributed by atoms with Crippen molar-refractivity contribution in [3.63, 3.8) is 0 Å². The molecule has 1 atom stereocenters. The number of nitrogens with one attached hydrogen (secondary N) is 1. The van der Waals surface area contributed by atoms with Crippen molar-refractivity contribution in [3.05, 3.63) is 17.5 Å². The summed E-state index contributed by atoms with van der Waals surface area (Å²) in [6.07, 6.45) is 4.56. The molecular formula is C13H21N3O2. The highest BCUT2D eigenvalue weighted by Crippen LogP contribution is 2.22. The Kier molecular flexibility index (Phi) is 4.01. The number of hydrogen-bond acceptors (Lipinski definition) is 3. The Morgan fingerprint density at radius 2 is 2.39 bits per heavy atom. The molecule has 2 heterocycles. The molecule has 1 saturated heterocycles. The first kappa shape index (κ1) is 13.1. The van der Waals surface area contributed by atoms with E-state index in [0.29, 0.717) is 12.1 Å². The summed E-state index contributed by atoms with van der Waals surface area (Å²) in [5.74, 6) is -0.971. The topological polar surface area (TPSA) is 69.2 Å². The zero-order chi connectivity index (χ0) is 13.1. The first-order chi connectivity index (χ1) is 8.58. The number of aromatic nitrogens is 2. The van der Waals surface area contributed by atoms with Crippen LogP contribution in [0.4, 0.5) is 0 Å². The zero-order valence-electron chi connectivity index (χ0n) is 11.0. The molecule has 1 aromatic heterocycles. The maximum atomic E-state index is 10.8. The summed E-state index contributed by atoms with van der Waals surface area (Å²) in [6, 6.07) is 2.69. The highest BCUT2D eigenvalue weighted by molar-refractivity contribution is 5.85. The minimum atomic E-state index is -0.971. The van der Waals surface area contributed by atoms with Crippen LogP contribution in [-0.2, 0) is 6.42 Å². The number of aromatic amines is 1. The van der Waals surface area contributed by atoms with Crippen LogP contribution in [-0.4, -0.2) is 44.8 Å². The lowest BCUT2D eigenvalue weighted by Crippen LogP contribution is -2.45. The third kappa shape index (κ3) is 2.90. The van der Waals surface area contributed by atoms with E-state index in [4.69, 9.17) is 5.11 Å². The first-order valence-electron chi connectivity index (χ1n) is 6.61.